The van der Waals surface area contributed by atoms with Gasteiger partial charge in [-0.2, -0.15) is 0 Å². The fourth-order valence-electron chi connectivity index (χ4n) is 7.40. The van der Waals surface area contributed by atoms with Crippen molar-refractivity contribution in [1.82, 2.24) is 20.0 Å². The highest BCUT2D eigenvalue weighted by atomic mass is 16.5. The van der Waals surface area contributed by atoms with Crippen LogP contribution in [0.4, 0.5) is 0 Å². The molecule has 46 heavy (non-hydrogen) atoms. The van der Waals surface area contributed by atoms with Gasteiger partial charge < -0.3 is 19.9 Å². The number of rotatable bonds is 11. The van der Waals surface area contributed by atoms with Crippen molar-refractivity contribution in [2.45, 2.75) is 130 Å². The van der Waals surface area contributed by atoms with Crippen molar-refractivity contribution in [2.24, 2.45) is 11.8 Å². The summed E-state index contributed by atoms with van der Waals surface area (Å²) in [5.74, 6) is -0.931. The van der Waals surface area contributed by atoms with E-state index in [2.05, 4.69) is 30.1 Å². The lowest BCUT2D eigenvalue weighted by molar-refractivity contribution is -0.157. The molecule has 0 spiro atoms. The van der Waals surface area contributed by atoms with Gasteiger partial charge in [0.15, 0.2) is 0 Å². The standard InChI is InChI=1S/C37H56N4O5/c1-23(2)31(39(8)36(44)33(24(3)4)38-34(42)29-16-11-12-20-40(29)25(5)6)22-26(7)35(43)41-21-13-17-30(41)37(45)46-32-19-18-27-14-9-10-15-28(27)32/h9-10,14-15,22-25,29-33H,11-13,16-21H2,1-8H3,(H,38,42)/t29-,30+,31-,32?,33+/m1/s1. The van der Waals surface area contributed by atoms with Crippen LogP contribution < -0.4 is 5.32 Å². The predicted molar refractivity (Wildman–Crippen MR) is 180 cm³/mol. The third kappa shape index (κ3) is 8.01. The first-order valence-corrected chi connectivity index (χ1v) is 17.4. The Bertz CT molecular complexity index is 1290. The Balaban J connectivity index is 1.44. The van der Waals surface area contributed by atoms with E-state index in [-0.39, 0.29) is 59.8 Å². The van der Waals surface area contributed by atoms with Gasteiger partial charge in [0.25, 0.3) is 0 Å². The lowest BCUT2D eigenvalue weighted by atomic mass is 9.95. The topological polar surface area (TPSA) is 99.3 Å². The van der Waals surface area contributed by atoms with E-state index in [9.17, 15) is 19.2 Å². The quantitative estimate of drug-likeness (QED) is 0.270. The Labute approximate surface area is 276 Å². The number of piperidine rings is 1. The number of carbonyl (C=O) groups is 4. The zero-order valence-electron chi connectivity index (χ0n) is 29.3. The van der Waals surface area contributed by atoms with Crippen molar-refractivity contribution in [2.75, 3.05) is 20.1 Å². The number of likely N-dealkylation sites (tertiary alicyclic amines) is 2. The van der Waals surface area contributed by atoms with Gasteiger partial charge in [-0.1, -0.05) is 64.5 Å². The third-order valence-electron chi connectivity index (χ3n) is 10.1. The van der Waals surface area contributed by atoms with E-state index in [0.29, 0.717) is 18.5 Å². The summed E-state index contributed by atoms with van der Waals surface area (Å²) in [6, 6.07) is 6.39. The molecule has 2 aliphatic heterocycles. The fraction of sp³-hybridized carbons (Fsp3) is 0.676. The van der Waals surface area contributed by atoms with Crippen LogP contribution in [-0.2, 0) is 30.3 Å². The highest BCUT2D eigenvalue weighted by Gasteiger charge is 2.39. The first-order chi connectivity index (χ1) is 21.8. The third-order valence-corrected chi connectivity index (χ3v) is 10.1. The molecule has 1 N–H and O–H groups in total. The van der Waals surface area contributed by atoms with Crippen LogP contribution in [0.1, 0.15) is 104 Å². The minimum Gasteiger partial charge on any atom is -0.456 e. The molecule has 2 fully saturated rings. The summed E-state index contributed by atoms with van der Waals surface area (Å²) in [4.78, 5) is 60.1. The molecule has 3 amide bonds. The second-order valence-electron chi connectivity index (χ2n) is 14.4. The molecule has 2 saturated heterocycles. The number of ether oxygens (including phenoxy) is 1. The Kier molecular flexibility index (Phi) is 12.1. The minimum absolute atomic E-state index is 0.0109. The largest absolute Gasteiger partial charge is 0.456 e. The molecule has 4 rings (SSSR count). The molecule has 1 aliphatic carbocycles. The molecule has 9 heteroatoms. The van der Waals surface area contributed by atoms with Crippen molar-refractivity contribution >= 4 is 23.7 Å². The van der Waals surface area contributed by atoms with E-state index in [1.165, 1.54) is 5.56 Å². The summed E-state index contributed by atoms with van der Waals surface area (Å²) in [6.45, 7) is 15.3. The van der Waals surface area contributed by atoms with E-state index < -0.39 is 12.1 Å². The summed E-state index contributed by atoms with van der Waals surface area (Å²) in [5, 5.41) is 3.10. The van der Waals surface area contributed by atoms with Crippen LogP contribution in [0, 0.1) is 11.8 Å². The van der Waals surface area contributed by atoms with Crippen molar-refractivity contribution in [3.63, 3.8) is 0 Å². The van der Waals surface area contributed by atoms with Crippen molar-refractivity contribution in [1.29, 1.82) is 0 Å². The van der Waals surface area contributed by atoms with E-state index in [4.69, 9.17) is 4.74 Å². The molecule has 1 unspecified atom stereocenters. The van der Waals surface area contributed by atoms with Crippen LogP contribution in [-0.4, -0.2) is 88.7 Å². The van der Waals surface area contributed by atoms with Crippen molar-refractivity contribution in [3.05, 3.63) is 47.0 Å². The van der Waals surface area contributed by atoms with Crippen LogP contribution in [0.3, 0.4) is 0 Å². The number of benzene rings is 1. The van der Waals surface area contributed by atoms with Crippen molar-refractivity contribution < 1.29 is 23.9 Å². The summed E-state index contributed by atoms with van der Waals surface area (Å²) in [7, 11) is 1.75. The highest BCUT2D eigenvalue weighted by molar-refractivity contribution is 5.96. The monoisotopic (exact) mass is 636 g/mol. The van der Waals surface area contributed by atoms with Gasteiger partial charge >= 0.3 is 5.97 Å². The molecule has 5 atom stereocenters. The lowest BCUT2D eigenvalue weighted by Crippen LogP contribution is -2.58. The highest BCUT2D eigenvalue weighted by Crippen LogP contribution is 2.35. The first-order valence-electron chi connectivity index (χ1n) is 17.4. The second kappa shape index (κ2) is 15.6. The Morgan fingerprint density at radius 3 is 2.28 bits per heavy atom. The Morgan fingerprint density at radius 2 is 1.61 bits per heavy atom. The lowest BCUT2D eigenvalue weighted by Gasteiger charge is -2.39. The smallest absolute Gasteiger partial charge is 0.329 e. The molecule has 3 aliphatic rings. The number of hydrogen-bond donors (Lipinski definition) is 1. The zero-order valence-corrected chi connectivity index (χ0v) is 29.3. The summed E-state index contributed by atoms with van der Waals surface area (Å²) >= 11 is 0. The number of aryl methyl sites for hydroxylation is 1. The predicted octanol–water partition coefficient (Wildman–Crippen LogP) is 5.04. The maximum atomic E-state index is 14.0. The molecule has 254 valence electrons. The van der Waals surface area contributed by atoms with Gasteiger partial charge in [0, 0.05) is 25.2 Å². The normalized spacial score (nSPS) is 23.4. The molecule has 9 nitrogen and oxygen atoms in total. The second-order valence-corrected chi connectivity index (χ2v) is 14.4. The number of hydrogen-bond acceptors (Lipinski definition) is 6. The molecule has 2 heterocycles. The number of likely N-dealkylation sites (N-methyl/N-ethyl adjacent to an activating group) is 1. The Hall–Kier alpha value is -3.20. The molecule has 1 aromatic carbocycles. The van der Waals surface area contributed by atoms with Gasteiger partial charge in [-0.05, 0) is 88.8 Å². The number of fused-ring (bicyclic) bond motifs is 1. The maximum Gasteiger partial charge on any atom is 0.329 e. The molecule has 1 aromatic rings. The van der Waals surface area contributed by atoms with E-state index in [1.807, 2.05) is 52.0 Å². The van der Waals surface area contributed by atoms with Gasteiger partial charge in [-0.25, -0.2) is 4.79 Å². The molecule has 0 radical (unpaired) electrons. The number of carbonyl (C=O) groups excluding carboxylic acids is 4. The molecular formula is C37H56N4O5. The number of nitrogens with zero attached hydrogens (tertiary/aromatic N) is 3. The van der Waals surface area contributed by atoms with Gasteiger partial charge in [-0.15, -0.1) is 0 Å². The zero-order chi connectivity index (χ0) is 33.7. The van der Waals surface area contributed by atoms with Crippen LogP contribution in [0.25, 0.3) is 0 Å². The Morgan fingerprint density at radius 1 is 0.913 bits per heavy atom. The van der Waals surface area contributed by atoms with Crippen LogP contribution in [0.2, 0.25) is 0 Å². The fourth-order valence-corrected chi connectivity index (χ4v) is 7.40. The van der Waals surface area contributed by atoms with Crippen LogP contribution in [0.15, 0.2) is 35.9 Å². The number of nitrogens with one attached hydrogen (secondary N) is 1. The average Bonchev–Trinajstić information content (AvgIpc) is 3.68. The van der Waals surface area contributed by atoms with E-state index in [1.54, 1.807) is 23.8 Å². The van der Waals surface area contributed by atoms with Gasteiger partial charge in [-0.3, -0.25) is 19.3 Å². The van der Waals surface area contributed by atoms with Gasteiger partial charge in [0.05, 0.1) is 12.1 Å². The summed E-state index contributed by atoms with van der Waals surface area (Å²) < 4.78 is 5.97. The minimum atomic E-state index is -0.683. The van der Waals surface area contributed by atoms with Crippen molar-refractivity contribution in [3.8, 4) is 0 Å². The van der Waals surface area contributed by atoms with Gasteiger partial charge in [0.1, 0.15) is 18.2 Å². The van der Waals surface area contributed by atoms with E-state index in [0.717, 1.165) is 50.6 Å². The number of amides is 3. The molecular weight excluding hydrogens is 580 g/mol. The average molecular weight is 637 g/mol. The molecule has 0 bridgehead atoms. The van der Waals surface area contributed by atoms with Crippen LogP contribution >= 0.6 is 0 Å². The van der Waals surface area contributed by atoms with Gasteiger partial charge in [0.2, 0.25) is 17.7 Å². The number of esters is 1. The first kappa shape index (κ1) is 35.7. The summed E-state index contributed by atoms with van der Waals surface area (Å²) in [5.41, 5.74) is 2.76. The molecule has 0 saturated carbocycles. The van der Waals surface area contributed by atoms with E-state index >= 15 is 0 Å². The summed E-state index contributed by atoms with van der Waals surface area (Å²) in [6.07, 6.45) is 7.38. The SMILES string of the molecule is CC(=C[C@H](C(C)C)N(C)C(=O)[C@@H](NC(=O)[C@H]1CCCCN1C(C)C)C(C)C)C(=O)N1CCC[C@H]1C(=O)OC1CCc2ccccc21. The van der Waals surface area contributed by atoms with Crippen LogP contribution in [0.5, 0.6) is 0 Å². The molecule has 0 aromatic heterocycles. The maximum absolute atomic E-state index is 14.0.